The average Bonchev–Trinajstić information content (AvgIpc) is 2.42. The van der Waals surface area contributed by atoms with Crippen molar-refractivity contribution < 1.29 is 29.4 Å². The van der Waals surface area contributed by atoms with Crippen LogP contribution < -0.4 is 14.6 Å². The van der Waals surface area contributed by atoms with Crippen LogP contribution in [0.15, 0.2) is 12.1 Å². The normalized spacial score (nSPS) is 11.8. The quantitative estimate of drug-likeness (QED) is 0.422. The molecule has 0 radical (unpaired) electrons. The van der Waals surface area contributed by atoms with Crippen LogP contribution in [0.2, 0.25) is 0 Å². The fraction of sp³-hybridized carbons (Fsp3) is 0.462. The molecule has 21 heavy (non-hydrogen) atoms. The van der Waals surface area contributed by atoms with Crippen LogP contribution in [0.1, 0.15) is 31.4 Å². The lowest BCUT2D eigenvalue weighted by Gasteiger charge is -2.14. The number of nitro groups is 1. The SMILES string of the molecule is COc1cc([C@@H](C)O)c([N+](=O)[O-])cc1OCCCC(=O)[O-]. The summed E-state index contributed by atoms with van der Waals surface area (Å²) in [5, 5.41) is 30.9. The first kappa shape index (κ1) is 16.7. The molecule has 0 unspecified atom stereocenters. The number of methoxy groups -OCH3 is 1. The molecule has 116 valence electrons. The molecule has 0 fully saturated rings. The number of carboxylic acid groups (broad SMARTS) is 1. The Kier molecular flexibility index (Phi) is 5.92. The Hall–Kier alpha value is -2.35. The number of rotatable bonds is 8. The first-order valence-corrected chi connectivity index (χ1v) is 6.23. The fourth-order valence-electron chi connectivity index (χ4n) is 1.73. The molecule has 0 bridgehead atoms. The minimum Gasteiger partial charge on any atom is -0.550 e. The summed E-state index contributed by atoms with van der Waals surface area (Å²) >= 11 is 0. The standard InChI is InChI=1S/C13H17NO7/c1-8(15)9-6-11(20-2)12(7-10(9)14(18)19)21-5-3-4-13(16)17/h6-8,15H,3-5H2,1-2H3,(H,16,17)/p-1/t8-/m1/s1. The Labute approximate surface area is 121 Å². The summed E-state index contributed by atoms with van der Waals surface area (Å²) in [5.41, 5.74) is -0.181. The summed E-state index contributed by atoms with van der Waals surface area (Å²) in [6, 6.07) is 2.48. The molecule has 1 aromatic carbocycles. The number of aliphatic hydroxyl groups excluding tert-OH is 1. The van der Waals surface area contributed by atoms with E-state index in [1.165, 1.54) is 20.1 Å². The van der Waals surface area contributed by atoms with Crippen LogP contribution in [0.4, 0.5) is 5.69 Å². The van der Waals surface area contributed by atoms with Crippen LogP contribution in [-0.4, -0.2) is 29.7 Å². The molecular formula is C13H16NO7-. The van der Waals surface area contributed by atoms with Crippen molar-refractivity contribution in [1.82, 2.24) is 0 Å². The lowest BCUT2D eigenvalue weighted by Crippen LogP contribution is -2.22. The molecule has 0 aliphatic heterocycles. The van der Waals surface area contributed by atoms with E-state index >= 15 is 0 Å². The van der Waals surface area contributed by atoms with Gasteiger partial charge in [0, 0.05) is 5.97 Å². The Morgan fingerprint density at radius 2 is 2.10 bits per heavy atom. The lowest BCUT2D eigenvalue weighted by molar-refractivity contribution is -0.386. The van der Waals surface area contributed by atoms with Gasteiger partial charge in [0.15, 0.2) is 11.5 Å². The summed E-state index contributed by atoms with van der Waals surface area (Å²) < 4.78 is 10.4. The van der Waals surface area contributed by atoms with Gasteiger partial charge in [-0.05, 0) is 25.8 Å². The van der Waals surface area contributed by atoms with Crippen LogP contribution in [0.3, 0.4) is 0 Å². The molecule has 0 saturated heterocycles. The number of nitrogens with zero attached hydrogens (tertiary/aromatic N) is 1. The second-order valence-corrected chi connectivity index (χ2v) is 4.32. The lowest BCUT2D eigenvalue weighted by atomic mass is 10.1. The zero-order chi connectivity index (χ0) is 16.0. The smallest absolute Gasteiger partial charge is 0.279 e. The Balaban J connectivity index is 2.99. The number of carbonyl (C=O) groups excluding carboxylic acids is 1. The van der Waals surface area contributed by atoms with Gasteiger partial charge in [0.05, 0.1) is 36.4 Å². The van der Waals surface area contributed by atoms with Crippen molar-refractivity contribution in [2.24, 2.45) is 0 Å². The van der Waals surface area contributed by atoms with Gasteiger partial charge in [0.2, 0.25) is 0 Å². The van der Waals surface area contributed by atoms with Crippen molar-refractivity contribution in [2.45, 2.75) is 25.9 Å². The molecule has 1 atom stereocenters. The molecule has 0 aromatic heterocycles. The Bertz CT molecular complexity index is 527. The van der Waals surface area contributed by atoms with Gasteiger partial charge in [-0.1, -0.05) is 0 Å². The van der Waals surface area contributed by atoms with Gasteiger partial charge >= 0.3 is 0 Å². The molecule has 0 aliphatic carbocycles. The third kappa shape index (κ3) is 4.60. The van der Waals surface area contributed by atoms with Crippen LogP contribution in [0, 0.1) is 10.1 Å². The predicted octanol–water partition coefficient (Wildman–Crippen LogP) is 0.566. The molecule has 0 spiro atoms. The number of aliphatic hydroxyl groups is 1. The highest BCUT2D eigenvalue weighted by molar-refractivity contribution is 5.64. The minimum atomic E-state index is -1.19. The number of aliphatic carboxylic acids is 1. The third-order valence-corrected chi connectivity index (χ3v) is 2.74. The number of carbonyl (C=O) groups is 1. The number of ether oxygens (including phenoxy) is 2. The molecule has 1 aromatic rings. The van der Waals surface area contributed by atoms with Crippen molar-refractivity contribution in [2.75, 3.05) is 13.7 Å². The molecular weight excluding hydrogens is 282 g/mol. The van der Waals surface area contributed by atoms with Crippen LogP contribution >= 0.6 is 0 Å². The summed E-state index contributed by atoms with van der Waals surface area (Å²) in [6.07, 6.45) is -1.00. The molecule has 8 heteroatoms. The van der Waals surface area contributed by atoms with E-state index in [4.69, 9.17) is 9.47 Å². The minimum absolute atomic E-state index is 0.0511. The zero-order valence-electron chi connectivity index (χ0n) is 11.7. The van der Waals surface area contributed by atoms with E-state index in [0.717, 1.165) is 6.07 Å². The van der Waals surface area contributed by atoms with Crippen molar-refractivity contribution in [3.8, 4) is 11.5 Å². The second-order valence-electron chi connectivity index (χ2n) is 4.32. The monoisotopic (exact) mass is 298 g/mol. The highest BCUT2D eigenvalue weighted by Crippen LogP contribution is 2.37. The van der Waals surface area contributed by atoms with Gasteiger partial charge in [0.25, 0.3) is 5.69 Å². The molecule has 0 heterocycles. The van der Waals surface area contributed by atoms with Gasteiger partial charge in [-0.25, -0.2) is 0 Å². The maximum atomic E-state index is 11.0. The average molecular weight is 298 g/mol. The van der Waals surface area contributed by atoms with Crippen LogP contribution in [0.25, 0.3) is 0 Å². The molecule has 0 saturated carbocycles. The van der Waals surface area contributed by atoms with E-state index in [1.807, 2.05) is 0 Å². The number of nitro benzene ring substituents is 1. The Morgan fingerprint density at radius 3 is 2.57 bits per heavy atom. The molecule has 8 nitrogen and oxygen atoms in total. The number of carboxylic acids is 1. The topological polar surface area (TPSA) is 122 Å². The van der Waals surface area contributed by atoms with Gasteiger partial charge in [-0.15, -0.1) is 0 Å². The zero-order valence-corrected chi connectivity index (χ0v) is 11.7. The molecule has 1 N–H and O–H groups in total. The van der Waals surface area contributed by atoms with Gasteiger partial charge in [-0.3, -0.25) is 10.1 Å². The highest BCUT2D eigenvalue weighted by atomic mass is 16.6. The van der Waals surface area contributed by atoms with Gasteiger partial charge < -0.3 is 24.5 Å². The fourth-order valence-corrected chi connectivity index (χ4v) is 1.73. The van der Waals surface area contributed by atoms with E-state index in [2.05, 4.69) is 0 Å². The number of hydrogen-bond donors (Lipinski definition) is 1. The number of benzene rings is 1. The first-order valence-electron chi connectivity index (χ1n) is 6.23. The van der Waals surface area contributed by atoms with Crippen molar-refractivity contribution >= 4 is 11.7 Å². The van der Waals surface area contributed by atoms with Crippen LogP contribution in [0.5, 0.6) is 11.5 Å². The van der Waals surface area contributed by atoms with E-state index in [9.17, 15) is 25.1 Å². The summed E-state index contributed by atoms with van der Waals surface area (Å²) in [7, 11) is 1.36. The van der Waals surface area contributed by atoms with E-state index in [-0.39, 0.29) is 42.2 Å². The van der Waals surface area contributed by atoms with Gasteiger partial charge in [0.1, 0.15) is 0 Å². The van der Waals surface area contributed by atoms with Crippen LogP contribution in [-0.2, 0) is 4.79 Å². The van der Waals surface area contributed by atoms with Crippen molar-refractivity contribution in [1.29, 1.82) is 0 Å². The van der Waals surface area contributed by atoms with Crippen molar-refractivity contribution in [3.63, 3.8) is 0 Å². The van der Waals surface area contributed by atoms with Gasteiger partial charge in [-0.2, -0.15) is 0 Å². The summed E-state index contributed by atoms with van der Waals surface area (Å²) in [6.45, 7) is 1.46. The molecule has 0 amide bonds. The highest BCUT2D eigenvalue weighted by Gasteiger charge is 2.22. The third-order valence-electron chi connectivity index (χ3n) is 2.74. The number of hydrogen-bond acceptors (Lipinski definition) is 7. The van der Waals surface area contributed by atoms with E-state index in [0.29, 0.717) is 0 Å². The summed E-state index contributed by atoms with van der Waals surface area (Å²) in [4.78, 5) is 20.7. The van der Waals surface area contributed by atoms with E-state index < -0.39 is 17.0 Å². The predicted molar refractivity (Wildman–Crippen MR) is 70.0 cm³/mol. The first-order chi connectivity index (χ1) is 9.86. The molecule has 1 rings (SSSR count). The van der Waals surface area contributed by atoms with E-state index in [1.54, 1.807) is 0 Å². The second kappa shape index (κ2) is 7.44. The molecule has 0 aliphatic rings. The summed E-state index contributed by atoms with van der Waals surface area (Å²) in [5.74, 6) is -0.849. The van der Waals surface area contributed by atoms with Crippen molar-refractivity contribution in [3.05, 3.63) is 27.8 Å². The maximum absolute atomic E-state index is 11.0. The Morgan fingerprint density at radius 1 is 1.43 bits per heavy atom. The largest absolute Gasteiger partial charge is 0.550 e. The maximum Gasteiger partial charge on any atom is 0.279 e.